The van der Waals surface area contributed by atoms with E-state index in [1.54, 1.807) is 12.4 Å². The van der Waals surface area contributed by atoms with Gasteiger partial charge in [0, 0.05) is 18.0 Å². The van der Waals surface area contributed by atoms with Crippen LogP contribution in [0.5, 0.6) is 0 Å². The minimum atomic E-state index is -0.168. The molecule has 1 saturated heterocycles. The van der Waals surface area contributed by atoms with Gasteiger partial charge in [0.1, 0.15) is 0 Å². The van der Waals surface area contributed by atoms with Crippen molar-refractivity contribution in [2.75, 3.05) is 6.54 Å². The van der Waals surface area contributed by atoms with E-state index in [9.17, 15) is 0 Å². The van der Waals surface area contributed by atoms with Crippen molar-refractivity contribution in [3.63, 3.8) is 0 Å². The first-order valence-corrected chi connectivity index (χ1v) is 5.78. The fourth-order valence-electron chi connectivity index (χ4n) is 2.14. The molecule has 1 fully saturated rings. The van der Waals surface area contributed by atoms with Crippen LogP contribution in [0.2, 0.25) is 0 Å². The molecule has 1 atom stereocenters. The molecule has 1 aliphatic rings. The molecule has 5 nitrogen and oxygen atoms in total. The van der Waals surface area contributed by atoms with Gasteiger partial charge in [-0.3, -0.25) is 4.98 Å². The second-order valence-electron chi connectivity index (χ2n) is 4.52. The van der Waals surface area contributed by atoms with Crippen molar-refractivity contribution in [3.8, 4) is 11.4 Å². The summed E-state index contributed by atoms with van der Waals surface area (Å²) < 4.78 is 5.36. The van der Waals surface area contributed by atoms with Gasteiger partial charge in [-0.25, -0.2) is 0 Å². The summed E-state index contributed by atoms with van der Waals surface area (Å²) >= 11 is 0. The summed E-state index contributed by atoms with van der Waals surface area (Å²) in [5.41, 5.74) is 0.759. The molecule has 0 spiro atoms. The molecule has 1 unspecified atom stereocenters. The van der Waals surface area contributed by atoms with E-state index in [1.165, 1.54) is 0 Å². The highest BCUT2D eigenvalue weighted by Crippen LogP contribution is 2.30. The van der Waals surface area contributed by atoms with E-state index in [4.69, 9.17) is 4.52 Å². The molecule has 1 N–H and O–H groups in total. The van der Waals surface area contributed by atoms with Crippen LogP contribution in [0, 0.1) is 0 Å². The number of pyridine rings is 1. The number of aromatic nitrogens is 3. The Morgan fingerprint density at radius 1 is 1.35 bits per heavy atom. The maximum Gasteiger partial charge on any atom is 0.246 e. The Kier molecular flexibility index (Phi) is 2.40. The van der Waals surface area contributed by atoms with Crippen molar-refractivity contribution in [2.24, 2.45) is 0 Å². The third-order valence-electron chi connectivity index (χ3n) is 3.21. The number of nitrogens with one attached hydrogen (secondary N) is 1. The van der Waals surface area contributed by atoms with Gasteiger partial charge in [-0.1, -0.05) is 5.16 Å². The fourth-order valence-corrected chi connectivity index (χ4v) is 2.14. The highest BCUT2D eigenvalue weighted by molar-refractivity contribution is 5.52. The standard InChI is InChI=1S/C12H14N4O/c1-12(5-2-6-14-12)11-15-10(16-17-11)9-3-7-13-8-4-9/h3-4,7-8,14H,2,5-6H2,1H3. The molecule has 0 amide bonds. The van der Waals surface area contributed by atoms with Crippen LogP contribution < -0.4 is 5.32 Å². The van der Waals surface area contributed by atoms with Crippen molar-refractivity contribution in [1.29, 1.82) is 0 Å². The van der Waals surface area contributed by atoms with E-state index in [0.717, 1.165) is 24.9 Å². The Morgan fingerprint density at radius 2 is 2.18 bits per heavy atom. The van der Waals surface area contributed by atoms with Crippen molar-refractivity contribution in [1.82, 2.24) is 20.4 Å². The van der Waals surface area contributed by atoms with Crippen molar-refractivity contribution < 1.29 is 4.52 Å². The van der Waals surface area contributed by atoms with Crippen molar-refractivity contribution in [2.45, 2.75) is 25.3 Å². The Morgan fingerprint density at radius 3 is 2.88 bits per heavy atom. The summed E-state index contributed by atoms with van der Waals surface area (Å²) in [4.78, 5) is 8.44. The molecule has 17 heavy (non-hydrogen) atoms. The van der Waals surface area contributed by atoms with Crippen LogP contribution in [0.3, 0.4) is 0 Å². The molecule has 5 heteroatoms. The van der Waals surface area contributed by atoms with E-state index < -0.39 is 0 Å². The second-order valence-corrected chi connectivity index (χ2v) is 4.52. The Labute approximate surface area is 99.3 Å². The predicted molar refractivity (Wildman–Crippen MR) is 62.1 cm³/mol. The van der Waals surface area contributed by atoms with Crippen LogP contribution in [0.1, 0.15) is 25.7 Å². The summed E-state index contributed by atoms with van der Waals surface area (Å²) in [5.74, 6) is 1.29. The molecule has 2 aromatic heterocycles. The third-order valence-corrected chi connectivity index (χ3v) is 3.21. The fraction of sp³-hybridized carbons (Fsp3) is 0.417. The van der Waals surface area contributed by atoms with E-state index in [0.29, 0.717) is 11.7 Å². The van der Waals surface area contributed by atoms with Crippen molar-refractivity contribution in [3.05, 3.63) is 30.4 Å². The van der Waals surface area contributed by atoms with Crippen LogP contribution in [0.15, 0.2) is 29.0 Å². The minimum Gasteiger partial charge on any atom is -0.337 e. The molecular weight excluding hydrogens is 216 g/mol. The van der Waals surface area contributed by atoms with Crippen LogP contribution in [0.4, 0.5) is 0 Å². The maximum absolute atomic E-state index is 5.36. The zero-order valence-corrected chi connectivity index (χ0v) is 9.68. The predicted octanol–water partition coefficient (Wildman–Crippen LogP) is 1.73. The van der Waals surface area contributed by atoms with Crippen LogP contribution in [0.25, 0.3) is 11.4 Å². The van der Waals surface area contributed by atoms with Gasteiger partial charge in [0.2, 0.25) is 11.7 Å². The van der Waals surface area contributed by atoms with E-state index in [1.807, 2.05) is 12.1 Å². The van der Waals surface area contributed by atoms with Gasteiger partial charge < -0.3 is 9.84 Å². The molecule has 0 saturated carbocycles. The number of rotatable bonds is 2. The van der Waals surface area contributed by atoms with Crippen LogP contribution in [-0.2, 0) is 5.54 Å². The maximum atomic E-state index is 5.36. The quantitative estimate of drug-likeness (QED) is 0.851. The van der Waals surface area contributed by atoms with E-state index in [-0.39, 0.29) is 5.54 Å². The highest BCUT2D eigenvalue weighted by atomic mass is 16.5. The summed E-state index contributed by atoms with van der Waals surface area (Å²) in [6, 6.07) is 3.75. The van der Waals surface area contributed by atoms with Crippen LogP contribution in [-0.4, -0.2) is 21.7 Å². The molecule has 2 aromatic rings. The lowest BCUT2D eigenvalue weighted by atomic mass is 10.0. The lowest BCUT2D eigenvalue weighted by molar-refractivity contribution is 0.275. The largest absolute Gasteiger partial charge is 0.337 e. The minimum absolute atomic E-state index is 0.168. The van der Waals surface area contributed by atoms with E-state index >= 15 is 0 Å². The molecule has 0 radical (unpaired) electrons. The zero-order valence-electron chi connectivity index (χ0n) is 9.68. The second kappa shape index (κ2) is 3.92. The molecule has 3 rings (SSSR count). The lowest BCUT2D eigenvalue weighted by Crippen LogP contribution is -2.33. The molecule has 1 aliphatic heterocycles. The number of hydrogen-bond acceptors (Lipinski definition) is 5. The van der Waals surface area contributed by atoms with Gasteiger partial charge in [-0.2, -0.15) is 4.98 Å². The van der Waals surface area contributed by atoms with Crippen LogP contribution >= 0.6 is 0 Å². The van der Waals surface area contributed by atoms with Gasteiger partial charge in [0.05, 0.1) is 5.54 Å². The summed E-state index contributed by atoms with van der Waals surface area (Å²) in [5, 5.41) is 7.43. The smallest absolute Gasteiger partial charge is 0.246 e. The molecule has 88 valence electrons. The average Bonchev–Trinajstić information content (AvgIpc) is 2.99. The Bertz CT molecular complexity index is 502. The topological polar surface area (TPSA) is 63.8 Å². The zero-order chi connectivity index (χ0) is 11.7. The normalized spacial score (nSPS) is 24.1. The SMILES string of the molecule is CC1(c2nc(-c3ccncc3)no2)CCCN1. The van der Waals surface area contributed by atoms with Crippen molar-refractivity contribution >= 4 is 0 Å². The lowest BCUT2D eigenvalue weighted by Gasteiger charge is -2.18. The Hall–Kier alpha value is -1.75. The summed E-state index contributed by atoms with van der Waals surface area (Å²) in [6.07, 6.45) is 5.62. The third kappa shape index (κ3) is 1.82. The molecule has 0 aromatic carbocycles. The average molecular weight is 230 g/mol. The Balaban J connectivity index is 1.93. The van der Waals surface area contributed by atoms with Gasteiger partial charge >= 0.3 is 0 Å². The van der Waals surface area contributed by atoms with E-state index in [2.05, 4.69) is 27.4 Å². The summed E-state index contributed by atoms with van der Waals surface area (Å²) in [7, 11) is 0. The highest BCUT2D eigenvalue weighted by Gasteiger charge is 2.35. The van der Waals surface area contributed by atoms with Gasteiger partial charge in [0.15, 0.2) is 0 Å². The first-order valence-electron chi connectivity index (χ1n) is 5.78. The molecule has 0 bridgehead atoms. The van der Waals surface area contributed by atoms with Gasteiger partial charge in [-0.15, -0.1) is 0 Å². The first kappa shape index (κ1) is 10.4. The van der Waals surface area contributed by atoms with Gasteiger partial charge in [0.25, 0.3) is 0 Å². The number of hydrogen-bond donors (Lipinski definition) is 1. The monoisotopic (exact) mass is 230 g/mol. The molecule has 0 aliphatic carbocycles. The summed E-state index contributed by atoms with van der Waals surface area (Å²) in [6.45, 7) is 3.10. The first-order chi connectivity index (χ1) is 8.28. The number of nitrogens with zero attached hydrogens (tertiary/aromatic N) is 3. The van der Waals surface area contributed by atoms with Gasteiger partial charge in [-0.05, 0) is 38.4 Å². The molecule has 3 heterocycles. The molecular formula is C12H14N4O.